The standard InChI is InChI=1S/C10H19N/c1-8-7-11-6-5-10(8,2)9-3-4-9/h8-9,11H,3-7H2,1-2H3. The lowest BCUT2D eigenvalue weighted by molar-refractivity contribution is 0.115. The summed E-state index contributed by atoms with van der Waals surface area (Å²) in [5.74, 6) is 1.96. The molecule has 0 aromatic rings. The summed E-state index contributed by atoms with van der Waals surface area (Å²) < 4.78 is 0. The molecule has 1 aliphatic heterocycles. The Kier molecular flexibility index (Phi) is 1.71. The van der Waals surface area contributed by atoms with Crippen LogP contribution in [0, 0.1) is 17.3 Å². The molecule has 2 aliphatic rings. The van der Waals surface area contributed by atoms with Gasteiger partial charge in [-0.3, -0.25) is 0 Å². The molecule has 0 radical (unpaired) electrons. The predicted octanol–water partition coefficient (Wildman–Crippen LogP) is 2.03. The van der Waals surface area contributed by atoms with Crippen molar-refractivity contribution >= 4 is 0 Å². The van der Waals surface area contributed by atoms with Gasteiger partial charge in [0.1, 0.15) is 0 Å². The Labute approximate surface area is 69.6 Å². The highest BCUT2D eigenvalue weighted by Gasteiger charge is 2.45. The van der Waals surface area contributed by atoms with Crippen LogP contribution in [0.25, 0.3) is 0 Å². The molecular weight excluding hydrogens is 134 g/mol. The van der Waals surface area contributed by atoms with E-state index in [1.165, 1.54) is 32.4 Å². The SMILES string of the molecule is CC1CNCCC1(C)C1CC1. The van der Waals surface area contributed by atoms with Crippen molar-refractivity contribution in [2.24, 2.45) is 17.3 Å². The van der Waals surface area contributed by atoms with Crippen molar-refractivity contribution < 1.29 is 0 Å². The van der Waals surface area contributed by atoms with Crippen LogP contribution in [0.5, 0.6) is 0 Å². The second-order valence-electron chi connectivity index (χ2n) is 4.64. The second kappa shape index (κ2) is 2.48. The average molecular weight is 153 g/mol. The van der Waals surface area contributed by atoms with E-state index in [1.54, 1.807) is 0 Å². The van der Waals surface area contributed by atoms with Gasteiger partial charge in [0.25, 0.3) is 0 Å². The smallest absolute Gasteiger partial charge is 0.00178 e. The Hall–Kier alpha value is -0.0400. The third-order valence-corrected chi connectivity index (χ3v) is 3.93. The van der Waals surface area contributed by atoms with Gasteiger partial charge in [0.05, 0.1) is 0 Å². The highest BCUT2D eigenvalue weighted by molar-refractivity contribution is 4.96. The number of hydrogen-bond acceptors (Lipinski definition) is 1. The van der Waals surface area contributed by atoms with Crippen LogP contribution < -0.4 is 5.32 Å². The molecule has 2 fully saturated rings. The lowest BCUT2D eigenvalue weighted by Crippen LogP contribution is -2.43. The number of nitrogens with one attached hydrogen (secondary N) is 1. The monoisotopic (exact) mass is 153 g/mol. The fraction of sp³-hybridized carbons (Fsp3) is 1.00. The summed E-state index contributed by atoms with van der Waals surface area (Å²) in [5, 5.41) is 3.47. The molecule has 1 N–H and O–H groups in total. The molecule has 2 atom stereocenters. The van der Waals surface area contributed by atoms with E-state index in [4.69, 9.17) is 0 Å². The summed E-state index contributed by atoms with van der Waals surface area (Å²) in [6, 6.07) is 0. The van der Waals surface area contributed by atoms with Gasteiger partial charge < -0.3 is 5.32 Å². The molecule has 1 aliphatic carbocycles. The number of piperidine rings is 1. The summed E-state index contributed by atoms with van der Waals surface area (Å²) in [5.41, 5.74) is 0.686. The Balaban J connectivity index is 2.06. The minimum atomic E-state index is 0.686. The van der Waals surface area contributed by atoms with Gasteiger partial charge in [0.15, 0.2) is 0 Å². The molecule has 2 unspecified atom stereocenters. The largest absolute Gasteiger partial charge is 0.316 e. The molecule has 0 spiro atoms. The first-order chi connectivity index (χ1) is 5.23. The highest BCUT2D eigenvalue weighted by atomic mass is 14.9. The molecule has 1 heteroatoms. The molecule has 11 heavy (non-hydrogen) atoms. The Bertz CT molecular complexity index is 151. The molecule has 64 valence electrons. The quantitative estimate of drug-likeness (QED) is 0.608. The van der Waals surface area contributed by atoms with E-state index in [0.29, 0.717) is 5.41 Å². The van der Waals surface area contributed by atoms with E-state index < -0.39 is 0 Å². The summed E-state index contributed by atoms with van der Waals surface area (Å²) >= 11 is 0. The molecule has 0 aromatic carbocycles. The van der Waals surface area contributed by atoms with Crippen molar-refractivity contribution in [2.75, 3.05) is 13.1 Å². The van der Waals surface area contributed by atoms with Crippen LogP contribution in [0.3, 0.4) is 0 Å². The van der Waals surface area contributed by atoms with Gasteiger partial charge in [-0.1, -0.05) is 13.8 Å². The van der Waals surface area contributed by atoms with E-state index in [1.807, 2.05) is 0 Å². The van der Waals surface area contributed by atoms with Crippen LogP contribution in [0.4, 0.5) is 0 Å². The zero-order valence-corrected chi connectivity index (χ0v) is 7.69. The number of rotatable bonds is 1. The molecule has 1 saturated heterocycles. The van der Waals surface area contributed by atoms with Gasteiger partial charge in [-0.2, -0.15) is 0 Å². The molecule has 0 aromatic heterocycles. The molecular formula is C10H19N. The van der Waals surface area contributed by atoms with Crippen LogP contribution in [0.2, 0.25) is 0 Å². The van der Waals surface area contributed by atoms with Crippen molar-refractivity contribution in [3.05, 3.63) is 0 Å². The summed E-state index contributed by atoms with van der Waals surface area (Å²) in [4.78, 5) is 0. The van der Waals surface area contributed by atoms with Crippen molar-refractivity contribution in [3.8, 4) is 0 Å². The van der Waals surface area contributed by atoms with Gasteiger partial charge in [0, 0.05) is 0 Å². The minimum absolute atomic E-state index is 0.686. The first kappa shape index (κ1) is 7.60. The van der Waals surface area contributed by atoms with Gasteiger partial charge in [0.2, 0.25) is 0 Å². The fourth-order valence-corrected chi connectivity index (χ4v) is 2.51. The Morgan fingerprint density at radius 3 is 2.64 bits per heavy atom. The first-order valence-electron chi connectivity index (χ1n) is 4.94. The maximum atomic E-state index is 3.47. The lowest BCUT2D eigenvalue weighted by atomic mass is 9.69. The second-order valence-corrected chi connectivity index (χ2v) is 4.64. The van der Waals surface area contributed by atoms with Crippen LogP contribution in [-0.4, -0.2) is 13.1 Å². The fourth-order valence-electron chi connectivity index (χ4n) is 2.51. The van der Waals surface area contributed by atoms with E-state index in [9.17, 15) is 0 Å². The normalized spacial score (nSPS) is 45.8. The van der Waals surface area contributed by atoms with Gasteiger partial charge in [-0.05, 0) is 49.6 Å². The first-order valence-corrected chi connectivity index (χ1v) is 4.94. The highest BCUT2D eigenvalue weighted by Crippen LogP contribution is 2.52. The molecule has 0 bridgehead atoms. The maximum absolute atomic E-state index is 3.47. The molecule has 1 saturated carbocycles. The van der Waals surface area contributed by atoms with Crippen molar-refractivity contribution in [1.82, 2.24) is 5.32 Å². The van der Waals surface area contributed by atoms with Gasteiger partial charge in [-0.25, -0.2) is 0 Å². The summed E-state index contributed by atoms with van der Waals surface area (Å²) in [6.07, 6.45) is 4.40. The maximum Gasteiger partial charge on any atom is -0.00178 e. The number of hydrogen-bond donors (Lipinski definition) is 1. The minimum Gasteiger partial charge on any atom is -0.316 e. The van der Waals surface area contributed by atoms with Gasteiger partial charge in [-0.15, -0.1) is 0 Å². The van der Waals surface area contributed by atoms with Gasteiger partial charge >= 0.3 is 0 Å². The van der Waals surface area contributed by atoms with Crippen molar-refractivity contribution in [1.29, 1.82) is 0 Å². The third-order valence-electron chi connectivity index (χ3n) is 3.93. The average Bonchev–Trinajstić information content (AvgIpc) is 2.77. The molecule has 1 nitrogen and oxygen atoms in total. The third kappa shape index (κ3) is 1.20. The van der Waals surface area contributed by atoms with E-state index in [0.717, 1.165) is 11.8 Å². The zero-order valence-electron chi connectivity index (χ0n) is 7.69. The van der Waals surface area contributed by atoms with Crippen LogP contribution in [0.15, 0.2) is 0 Å². The van der Waals surface area contributed by atoms with Crippen LogP contribution in [0.1, 0.15) is 33.1 Å². The lowest BCUT2D eigenvalue weighted by Gasteiger charge is -2.40. The molecule has 1 heterocycles. The Morgan fingerprint density at radius 2 is 2.09 bits per heavy atom. The van der Waals surface area contributed by atoms with E-state index >= 15 is 0 Å². The Morgan fingerprint density at radius 1 is 1.36 bits per heavy atom. The van der Waals surface area contributed by atoms with Crippen molar-refractivity contribution in [2.45, 2.75) is 33.1 Å². The van der Waals surface area contributed by atoms with E-state index in [-0.39, 0.29) is 0 Å². The van der Waals surface area contributed by atoms with E-state index in [2.05, 4.69) is 19.2 Å². The van der Waals surface area contributed by atoms with Crippen LogP contribution >= 0.6 is 0 Å². The van der Waals surface area contributed by atoms with Crippen LogP contribution in [-0.2, 0) is 0 Å². The summed E-state index contributed by atoms with van der Waals surface area (Å²) in [7, 11) is 0. The topological polar surface area (TPSA) is 12.0 Å². The zero-order chi connectivity index (χ0) is 7.90. The predicted molar refractivity (Wildman–Crippen MR) is 47.5 cm³/mol. The molecule has 0 amide bonds. The summed E-state index contributed by atoms with van der Waals surface area (Å²) in [6.45, 7) is 7.39. The van der Waals surface area contributed by atoms with Crippen molar-refractivity contribution in [3.63, 3.8) is 0 Å². The molecule has 2 rings (SSSR count).